The van der Waals surface area contributed by atoms with Crippen molar-refractivity contribution in [2.45, 2.75) is 6.42 Å². The van der Waals surface area contributed by atoms with Gasteiger partial charge in [0.15, 0.2) is 0 Å². The number of aliphatic hydroxyl groups excluding tert-OH is 1. The molecule has 2 aromatic rings. The fourth-order valence-electron chi connectivity index (χ4n) is 1.61. The highest BCUT2D eigenvalue weighted by atomic mass is 16.3. The van der Waals surface area contributed by atoms with E-state index in [9.17, 15) is 0 Å². The Bertz CT molecular complexity index is 472. The maximum absolute atomic E-state index is 8.78. The van der Waals surface area contributed by atoms with Crippen LogP contribution in [0.1, 0.15) is 6.42 Å². The predicted molar refractivity (Wildman–Crippen MR) is 70.2 cm³/mol. The van der Waals surface area contributed by atoms with Gasteiger partial charge in [-0.2, -0.15) is 0 Å². The summed E-state index contributed by atoms with van der Waals surface area (Å²) in [5.41, 5.74) is 1.95. The van der Waals surface area contributed by atoms with Crippen molar-refractivity contribution < 1.29 is 5.11 Å². The molecule has 2 aromatic heterocycles. The zero-order valence-electron chi connectivity index (χ0n) is 10.3. The molecule has 2 heterocycles. The summed E-state index contributed by atoms with van der Waals surface area (Å²) < 4.78 is 0. The maximum atomic E-state index is 8.78. The molecule has 0 amide bonds. The van der Waals surface area contributed by atoms with Gasteiger partial charge < -0.3 is 10.0 Å². The molecule has 0 aromatic carbocycles. The van der Waals surface area contributed by atoms with Gasteiger partial charge in [0, 0.05) is 56.1 Å². The summed E-state index contributed by atoms with van der Waals surface area (Å²) in [5, 5.41) is 8.78. The molecule has 2 rings (SSSR count). The van der Waals surface area contributed by atoms with Gasteiger partial charge in [0.1, 0.15) is 0 Å². The minimum absolute atomic E-state index is 0.179. The second kappa shape index (κ2) is 6.07. The van der Waals surface area contributed by atoms with Crippen LogP contribution < -0.4 is 4.90 Å². The van der Waals surface area contributed by atoms with Gasteiger partial charge in [-0.3, -0.25) is 4.98 Å². The number of pyridine rings is 1. The molecule has 0 atom stereocenters. The van der Waals surface area contributed by atoms with Crippen LogP contribution in [-0.4, -0.2) is 40.3 Å². The highest BCUT2D eigenvalue weighted by molar-refractivity contribution is 5.60. The third-order valence-corrected chi connectivity index (χ3v) is 2.63. The van der Waals surface area contributed by atoms with Crippen LogP contribution in [0, 0.1) is 0 Å². The molecule has 1 N–H and O–H groups in total. The molecule has 0 fully saturated rings. The first kappa shape index (κ1) is 12.4. The minimum Gasteiger partial charge on any atom is -0.396 e. The zero-order valence-corrected chi connectivity index (χ0v) is 10.3. The Morgan fingerprint density at radius 2 is 1.94 bits per heavy atom. The number of nitrogens with zero attached hydrogens (tertiary/aromatic N) is 4. The van der Waals surface area contributed by atoms with Crippen molar-refractivity contribution in [3.63, 3.8) is 0 Å². The molecule has 0 aliphatic carbocycles. The lowest BCUT2D eigenvalue weighted by Crippen LogP contribution is -2.21. The number of aliphatic hydroxyl groups is 1. The van der Waals surface area contributed by atoms with E-state index in [1.807, 2.05) is 24.1 Å². The quantitative estimate of drug-likeness (QED) is 0.860. The Hall–Kier alpha value is -2.01. The van der Waals surface area contributed by atoms with Crippen molar-refractivity contribution in [2.24, 2.45) is 0 Å². The van der Waals surface area contributed by atoms with E-state index in [-0.39, 0.29) is 6.61 Å². The SMILES string of the molecule is CN(CCCO)c1ncc(-c2cccnc2)cn1. The van der Waals surface area contributed by atoms with Crippen molar-refractivity contribution in [1.29, 1.82) is 0 Å². The monoisotopic (exact) mass is 244 g/mol. The summed E-state index contributed by atoms with van der Waals surface area (Å²) in [4.78, 5) is 14.6. The normalized spacial score (nSPS) is 10.3. The molecular weight excluding hydrogens is 228 g/mol. The number of hydrogen-bond donors (Lipinski definition) is 1. The highest BCUT2D eigenvalue weighted by Crippen LogP contribution is 2.17. The zero-order chi connectivity index (χ0) is 12.8. The average Bonchev–Trinajstić information content (AvgIpc) is 2.46. The van der Waals surface area contributed by atoms with Crippen molar-refractivity contribution >= 4 is 5.95 Å². The average molecular weight is 244 g/mol. The molecule has 5 nitrogen and oxygen atoms in total. The van der Waals surface area contributed by atoms with E-state index in [4.69, 9.17) is 5.11 Å². The molecule has 0 unspecified atom stereocenters. The van der Waals surface area contributed by atoms with Crippen LogP contribution >= 0.6 is 0 Å². The molecule has 0 saturated heterocycles. The summed E-state index contributed by atoms with van der Waals surface area (Å²) in [5.74, 6) is 0.663. The second-order valence-corrected chi connectivity index (χ2v) is 4.01. The van der Waals surface area contributed by atoms with Crippen molar-refractivity contribution in [3.8, 4) is 11.1 Å². The van der Waals surface area contributed by atoms with Gasteiger partial charge in [-0.15, -0.1) is 0 Å². The van der Waals surface area contributed by atoms with Gasteiger partial charge in [0.2, 0.25) is 5.95 Å². The molecule has 0 aliphatic heterocycles. The molecule has 94 valence electrons. The molecule has 18 heavy (non-hydrogen) atoms. The first-order valence-electron chi connectivity index (χ1n) is 5.85. The molecule has 5 heteroatoms. The third-order valence-electron chi connectivity index (χ3n) is 2.63. The van der Waals surface area contributed by atoms with E-state index in [0.717, 1.165) is 17.7 Å². The summed E-state index contributed by atoms with van der Waals surface area (Å²) >= 11 is 0. The van der Waals surface area contributed by atoms with Crippen molar-refractivity contribution in [3.05, 3.63) is 36.9 Å². The van der Waals surface area contributed by atoms with Crippen LogP contribution in [0.4, 0.5) is 5.95 Å². The fourth-order valence-corrected chi connectivity index (χ4v) is 1.61. The van der Waals surface area contributed by atoms with E-state index < -0.39 is 0 Å². The van der Waals surface area contributed by atoms with E-state index in [1.54, 1.807) is 24.8 Å². The summed E-state index contributed by atoms with van der Waals surface area (Å²) in [7, 11) is 1.91. The van der Waals surface area contributed by atoms with Crippen LogP contribution in [0.15, 0.2) is 36.9 Å². The lowest BCUT2D eigenvalue weighted by molar-refractivity contribution is 0.290. The number of rotatable bonds is 5. The van der Waals surface area contributed by atoms with Crippen LogP contribution in [0.5, 0.6) is 0 Å². The fraction of sp³-hybridized carbons (Fsp3) is 0.308. The van der Waals surface area contributed by atoms with Gasteiger partial charge in [-0.05, 0) is 12.5 Å². The van der Waals surface area contributed by atoms with E-state index >= 15 is 0 Å². The topological polar surface area (TPSA) is 62.1 Å². The summed E-state index contributed by atoms with van der Waals surface area (Å²) in [6.45, 7) is 0.918. The van der Waals surface area contributed by atoms with E-state index in [1.165, 1.54) is 0 Å². The molecule has 0 radical (unpaired) electrons. The molecule has 0 bridgehead atoms. The van der Waals surface area contributed by atoms with Gasteiger partial charge in [-0.25, -0.2) is 9.97 Å². The predicted octanol–water partition coefficient (Wildman–Crippen LogP) is 1.36. The smallest absolute Gasteiger partial charge is 0.225 e. The minimum atomic E-state index is 0.179. The van der Waals surface area contributed by atoms with E-state index in [2.05, 4.69) is 15.0 Å². The van der Waals surface area contributed by atoms with Gasteiger partial charge in [0.25, 0.3) is 0 Å². The van der Waals surface area contributed by atoms with E-state index in [0.29, 0.717) is 12.4 Å². The van der Waals surface area contributed by atoms with Crippen molar-refractivity contribution in [2.75, 3.05) is 25.1 Å². The van der Waals surface area contributed by atoms with Crippen LogP contribution in [0.25, 0.3) is 11.1 Å². The summed E-state index contributed by atoms with van der Waals surface area (Å²) in [6, 6.07) is 3.86. The van der Waals surface area contributed by atoms with Gasteiger partial charge >= 0.3 is 0 Å². The Labute approximate surface area is 106 Å². The first-order valence-corrected chi connectivity index (χ1v) is 5.85. The molecular formula is C13H16N4O. The van der Waals surface area contributed by atoms with Gasteiger partial charge in [-0.1, -0.05) is 6.07 Å². The maximum Gasteiger partial charge on any atom is 0.225 e. The lowest BCUT2D eigenvalue weighted by atomic mass is 10.2. The lowest BCUT2D eigenvalue weighted by Gasteiger charge is -2.16. The van der Waals surface area contributed by atoms with Gasteiger partial charge in [0.05, 0.1) is 0 Å². The molecule has 0 aliphatic rings. The number of anilines is 1. The third kappa shape index (κ3) is 3.01. The molecule has 0 spiro atoms. The van der Waals surface area contributed by atoms with Crippen molar-refractivity contribution in [1.82, 2.24) is 15.0 Å². The standard InChI is InChI=1S/C13H16N4O/c1-17(6-3-7-18)13-15-9-12(10-16-13)11-4-2-5-14-8-11/h2,4-5,8-10,18H,3,6-7H2,1H3. The Morgan fingerprint density at radius 1 is 1.17 bits per heavy atom. The van der Waals surface area contributed by atoms with Crippen LogP contribution in [0.2, 0.25) is 0 Å². The van der Waals surface area contributed by atoms with Crippen LogP contribution in [0.3, 0.4) is 0 Å². The Morgan fingerprint density at radius 3 is 2.56 bits per heavy atom. The number of aromatic nitrogens is 3. The summed E-state index contributed by atoms with van der Waals surface area (Å²) in [6.07, 6.45) is 7.81. The Kier molecular flexibility index (Phi) is 4.20. The molecule has 0 saturated carbocycles. The first-order chi connectivity index (χ1) is 8.81. The highest BCUT2D eigenvalue weighted by Gasteiger charge is 2.04. The largest absolute Gasteiger partial charge is 0.396 e. The number of hydrogen-bond acceptors (Lipinski definition) is 5. The van der Waals surface area contributed by atoms with Crippen LogP contribution in [-0.2, 0) is 0 Å². The second-order valence-electron chi connectivity index (χ2n) is 4.01. The Balaban J connectivity index is 2.10.